The second-order valence-corrected chi connectivity index (χ2v) is 4.63. The minimum atomic E-state index is -0.988. The Morgan fingerprint density at radius 1 is 1.61 bits per heavy atom. The highest BCUT2D eigenvalue weighted by Crippen LogP contribution is 2.27. The van der Waals surface area contributed by atoms with Crippen molar-refractivity contribution in [2.75, 3.05) is 37.4 Å². The molecule has 1 unspecified atom stereocenters. The second-order valence-electron chi connectivity index (χ2n) is 4.63. The lowest BCUT2D eigenvalue weighted by atomic mass is 10.1. The summed E-state index contributed by atoms with van der Waals surface area (Å²) in [5, 5.41) is 8.92. The average Bonchev–Trinajstić information content (AvgIpc) is 2.77. The molecule has 0 amide bonds. The van der Waals surface area contributed by atoms with Crippen LogP contribution in [0.5, 0.6) is 0 Å². The van der Waals surface area contributed by atoms with E-state index in [1.165, 1.54) is 0 Å². The molecule has 98 valence electrons. The van der Waals surface area contributed by atoms with E-state index in [2.05, 4.69) is 4.90 Å². The van der Waals surface area contributed by atoms with Gasteiger partial charge in [0.1, 0.15) is 0 Å². The normalized spacial score (nSPS) is 19.2. The van der Waals surface area contributed by atoms with E-state index in [-0.39, 0.29) is 5.56 Å². The van der Waals surface area contributed by atoms with Crippen molar-refractivity contribution in [3.05, 3.63) is 23.8 Å². The smallest absolute Gasteiger partial charge is 0.337 e. The van der Waals surface area contributed by atoms with Crippen molar-refractivity contribution in [1.29, 1.82) is 0 Å². The van der Waals surface area contributed by atoms with Crippen molar-refractivity contribution < 1.29 is 14.6 Å². The van der Waals surface area contributed by atoms with Gasteiger partial charge in [-0.3, -0.25) is 0 Å². The van der Waals surface area contributed by atoms with Crippen molar-refractivity contribution >= 4 is 17.3 Å². The van der Waals surface area contributed by atoms with Crippen LogP contribution in [0.3, 0.4) is 0 Å². The van der Waals surface area contributed by atoms with E-state index in [1.807, 2.05) is 6.07 Å². The highest BCUT2D eigenvalue weighted by atomic mass is 16.5. The number of hydrogen-bond donors (Lipinski definition) is 2. The summed E-state index contributed by atoms with van der Waals surface area (Å²) in [4.78, 5) is 13.1. The van der Waals surface area contributed by atoms with Gasteiger partial charge in [0.2, 0.25) is 0 Å². The van der Waals surface area contributed by atoms with Crippen LogP contribution in [-0.2, 0) is 4.74 Å². The maximum atomic E-state index is 10.9. The van der Waals surface area contributed by atoms with E-state index < -0.39 is 5.97 Å². The summed E-state index contributed by atoms with van der Waals surface area (Å²) in [5.74, 6) is -0.451. The van der Waals surface area contributed by atoms with Crippen LogP contribution in [-0.4, -0.2) is 37.9 Å². The molecule has 0 bridgehead atoms. The first kappa shape index (κ1) is 12.7. The molecule has 0 aliphatic carbocycles. The third-order valence-corrected chi connectivity index (χ3v) is 3.32. The predicted molar refractivity (Wildman–Crippen MR) is 70.0 cm³/mol. The molecule has 1 fully saturated rings. The minimum absolute atomic E-state index is 0.159. The molecule has 1 heterocycles. The molecule has 18 heavy (non-hydrogen) atoms. The molecule has 2 rings (SSSR count). The first-order chi connectivity index (χ1) is 8.61. The van der Waals surface area contributed by atoms with E-state index in [0.717, 1.165) is 31.8 Å². The van der Waals surface area contributed by atoms with Crippen molar-refractivity contribution in [3.8, 4) is 0 Å². The van der Waals surface area contributed by atoms with E-state index in [1.54, 1.807) is 19.2 Å². The Kier molecular flexibility index (Phi) is 3.72. The number of rotatable bonds is 4. The number of benzene rings is 1. The lowest BCUT2D eigenvalue weighted by Crippen LogP contribution is -2.21. The molecule has 1 aromatic rings. The molecular weight excluding hydrogens is 232 g/mol. The number of carboxylic acids is 1. The number of carboxylic acid groups (broad SMARTS) is 1. The van der Waals surface area contributed by atoms with Crippen molar-refractivity contribution in [2.24, 2.45) is 5.92 Å². The van der Waals surface area contributed by atoms with Crippen LogP contribution < -0.4 is 10.6 Å². The number of nitrogens with two attached hydrogens (primary N) is 1. The summed E-state index contributed by atoms with van der Waals surface area (Å²) < 4.78 is 5.16. The summed E-state index contributed by atoms with van der Waals surface area (Å²) in [6, 6.07) is 5.12. The van der Waals surface area contributed by atoms with Crippen molar-refractivity contribution in [3.63, 3.8) is 0 Å². The maximum absolute atomic E-state index is 10.9. The quantitative estimate of drug-likeness (QED) is 0.791. The average molecular weight is 250 g/mol. The molecule has 5 heteroatoms. The van der Waals surface area contributed by atoms with E-state index >= 15 is 0 Å². The Balaban J connectivity index is 2.11. The molecule has 1 aromatic carbocycles. The van der Waals surface area contributed by atoms with Crippen molar-refractivity contribution in [1.82, 2.24) is 0 Å². The summed E-state index contributed by atoms with van der Waals surface area (Å²) in [5.41, 5.74) is 7.21. The summed E-state index contributed by atoms with van der Waals surface area (Å²) in [7, 11) is 1.71. The van der Waals surface area contributed by atoms with Gasteiger partial charge in [-0.1, -0.05) is 0 Å². The zero-order valence-corrected chi connectivity index (χ0v) is 10.4. The second kappa shape index (κ2) is 5.27. The van der Waals surface area contributed by atoms with Crippen LogP contribution in [0.1, 0.15) is 16.8 Å². The Morgan fingerprint density at radius 3 is 3.00 bits per heavy atom. The first-order valence-corrected chi connectivity index (χ1v) is 5.98. The predicted octanol–water partition coefficient (Wildman–Crippen LogP) is 1.44. The molecule has 0 radical (unpaired) electrons. The lowest BCUT2D eigenvalue weighted by molar-refractivity contribution is 0.0698. The molecule has 5 nitrogen and oxygen atoms in total. The van der Waals surface area contributed by atoms with Gasteiger partial charge in [-0.15, -0.1) is 0 Å². The summed E-state index contributed by atoms with van der Waals surface area (Å²) >= 11 is 0. The van der Waals surface area contributed by atoms with Crippen LogP contribution in [0.25, 0.3) is 0 Å². The zero-order valence-electron chi connectivity index (χ0n) is 10.4. The number of carbonyl (C=O) groups is 1. The molecule has 1 atom stereocenters. The Bertz CT molecular complexity index is 448. The molecule has 0 spiro atoms. The van der Waals surface area contributed by atoms with Gasteiger partial charge < -0.3 is 20.5 Å². The first-order valence-electron chi connectivity index (χ1n) is 5.98. The van der Waals surface area contributed by atoms with Gasteiger partial charge in [0, 0.05) is 37.5 Å². The van der Waals surface area contributed by atoms with Crippen LogP contribution in [0.2, 0.25) is 0 Å². The third-order valence-electron chi connectivity index (χ3n) is 3.32. The van der Waals surface area contributed by atoms with E-state index in [9.17, 15) is 4.79 Å². The fraction of sp³-hybridized carbons (Fsp3) is 0.462. The number of aromatic carboxylic acids is 1. The molecule has 3 N–H and O–H groups in total. The van der Waals surface area contributed by atoms with Gasteiger partial charge in [-0.2, -0.15) is 0 Å². The Hall–Kier alpha value is -1.75. The fourth-order valence-corrected chi connectivity index (χ4v) is 2.38. The molecule has 1 aliphatic rings. The standard InChI is InChI=1S/C13H18N2O3/c1-18-8-9-4-5-15(7-9)10-2-3-11(13(16)17)12(14)6-10/h2-3,6,9H,4-5,7-8,14H2,1H3,(H,16,17). The minimum Gasteiger partial charge on any atom is -0.478 e. The van der Waals surface area contributed by atoms with Crippen molar-refractivity contribution in [2.45, 2.75) is 6.42 Å². The van der Waals surface area contributed by atoms with Gasteiger partial charge in [0.05, 0.1) is 12.2 Å². The molecule has 1 aliphatic heterocycles. The highest BCUT2D eigenvalue weighted by Gasteiger charge is 2.23. The Labute approximate surface area is 106 Å². The third kappa shape index (κ3) is 2.56. The van der Waals surface area contributed by atoms with Crippen LogP contribution in [0, 0.1) is 5.92 Å². The van der Waals surface area contributed by atoms with Gasteiger partial charge in [0.15, 0.2) is 0 Å². The van der Waals surface area contributed by atoms with Gasteiger partial charge in [-0.25, -0.2) is 4.79 Å². The largest absolute Gasteiger partial charge is 0.478 e. The molecular formula is C13H18N2O3. The Morgan fingerprint density at radius 2 is 2.39 bits per heavy atom. The summed E-state index contributed by atoms with van der Waals surface area (Å²) in [6.07, 6.45) is 1.09. The zero-order chi connectivity index (χ0) is 13.1. The summed E-state index contributed by atoms with van der Waals surface area (Å²) in [6.45, 7) is 2.65. The molecule has 1 saturated heterocycles. The molecule has 0 saturated carbocycles. The monoisotopic (exact) mass is 250 g/mol. The van der Waals surface area contributed by atoms with Gasteiger partial charge in [-0.05, 0) is 24.6 Å². The number of nitrogens with zero attached hydrogens (tertiary/aromatic N) is 1. The topological polar surface area (TPSA) is 75.8 Å². The number of anilines is 2. The lowest BCUT2D eigenvalue weighted by Gasteiger charge is -2.19. The maximum Gasteiger partial charge on any atom is 0.337 e. The van der Waals surface area contributed by atoms with E-state index in [4.69, 9.17) is 15.6 Å². The number of nitrogen functional groups attached to an aromatic ring is 1. The number of hydrogen-bond acceptors (Lipinski definition) is 4. The van der Waals surface area contributed by atoms with Crippen LogP contribution in [0.15, 0.2) is 18.2 Å². The molecule has 0 aromatic heterocycles. The van der Waals surface area contributed by atoms with Crippen LogP contribution in [0.4, 0.5) is 11.4 Å². The van der Waals surface area contributed by atoms with Gasteiger partial charge >= 0.3 is 5.97 Å². The SMILES string of the molecule is COCC1CCN(c2ccc(C(=O)O)c(N)c2)C1. The number of methoxy groups -OCH3 is 1. The van der Waals surface area contributed by atoms with Gasteiger partial charge in [0.25, 0.3) is 0 Å². The highest BCUT2D eigenvalue weighted by molar-refractivity contribution is 5.94. The fourth-order valence-electron chi connectivity index (χ4n) is 2.38. The number of ether oxygens (including phenoxy) is 1. The van der Waals surface area contributed by atoms with E-state index in [0.29, 0.717) is 11.6 Å². The van der Waals surface area contributed by atoms with Crippen LogP contribution >= 0.6 is 0 Å².